The van der Waals surface area contributed by atoms with Crippen LogP contribution in [0.3, 0.4) is 0 Å². The number of hydrogen-bond acceptors (Lipinski definition) is 1. The molecule has 0 aliphatic carbocycles. The summed E-state index contributed by atoms with van der Waals surface area (Å²) in [5.74, 6) is 0. The molecule has 0 aromatic rings. The van der Waals surface area contributed by atoms with Crippen molar-refractivity contribution in [1.82, 2.24) is 0 Å². The Bertz CT molecular complexity index is 20.9. The van der Waals surface area contributed by atoms with Crippen molar-refractivity contribution in [3.63, 3.8) is 0 Å². The van der Waals surface area contributed by atoms with Gasteiger partial charge in [0.05, 0.1) is 0 Å². The summed E-state index contributed by atoms with van der Waals surface area (Å²) in [5.41, 5.74) is 0. The lowest BCUT2D eigenvalue weighted by atomic mass is 10.5. The average Bonchev–Trinajstić information content (AvgIpc) is 1.38. The van der Waals surface area contributed by atoms with Gasteiger partial charge in [0.25, 0.3) is 0 Å². The largest absolute Gasteiger partial charge is 0.396 e. The number of aliphatic hydroxyl groups is 1. The van der Waals surface area contributed by atoms with Crippen LogP contribution >= 0.6 is 0 Å². The Kier molecular flexibility index (Phi) is 1.64. The molecule has 0 rings (SSSR count). The third-order valence-electron chi connectivity index (χ3n) is 0.183. The second-order valence-corrected chi connectivity index (χ2v) is 0.591. The highest BCUT2D eigenvalue weighted by molar-refractivity contribution is 4.10. The van der Waals surface area contributed by atoms with Crippen LogP contribution in [-0.2, 0) is 0 Å². The molecule has 0 saturated carbocycles. The molecule has 0 heterocycles. The summed E-state index contributed by atoms with van der Waals surface area (Å²) in [7, 11) is 0. The number of rotatable bonds is 1. The predicted octanol–water partition coefficient (Wildman–Crippen LogP) is 0.389. The summed E-state index contributed by atoms with van der Waals surface area (Å²) < 4.78 is 6.58. The van der Waals surface area contributed by atoms with Gasteiger partial charge in [-0.05, 0) is 6.40 Å². The van der Waals surface area contributed by atoms with Gasteiger partial charge in [0.2, 0.25) is 0 Å². The quantitative estimate of drug-likeness (QED) is 0.465. The summed E-state index contributed by atoms with van der Waals surface area (Å²) in [4.78, 5) is 0. The molecule has 26 valence electrons. The zero-order valence-electron chi connectivity index (χ0n) is 3.73. The van der Waals surface area contributed by atoms with Crippen LogP contribution in [-0.4, -0.2) is 11.7 Å². The Hall–Kier alpha value is -0.0400. The Morgan fingerprint density at radius 2 is 2.50 bits per heavy atom. The van der Waals surface area contributed by atoms with E-state index < -0.39 is 0 Å². The second kappa shape index (κ2) is 2.96. The molecule has 0 aliphatic rings. The molecular weight excluding hydrogens is 52.0 g/mol. The van der Waals surface area contributed by atoms with E-state index in [1.807, 2.05) is 0 Å². The van der Waals surface area contributed by atoms with Crippen LogP contribution in [0.25, 0.3) is 0 Å². The molecule has 1 N–H and O–H groups in total. The van der Waals surface area contributed by atoms with Crippen LogP contribution in [0.5, 0.6) is 0 Å². The van der Waals surface area contributed by atoms with E-state index >= 15 is 0 Å². The molecular formula is C3H8O. The van der Waals surface area contributed by atoms with Crippen LogP contribution in [0, 0.1) is 0 Å². The molecule has 0 aliphatic heterocycles. The van der Waals surface area contributed by atoms with Crippen molar-refractivity contribution in [3.05, 3.63) is 0 Å². The molecule has 4 heavy (non-hydrogen) atoms. The SMILES string of the molecule is [2H]C(C)CO. The van der Waals surface area contributed by atoms with Crippen molar-refractivity contribution in [2.24, 2.45) is 0 Å². The van der Waals surface area contributed by atoms with E-state index in [4.69, 9.17) is 6.48 Å². The van der Waals surface area contributed by atoms with Crippen LogP contribution < -0.4 is 0 Å². The van der Waals surface area contributed by atoms with E-state index in [-0.39, 0.29) is 13.0 Å². The van der Waals surface area contributed by atoms with Crippen LogP contribution in [0.4, 0.5) is 0 Å². The summed E-state index contributed by atoms with van der Waals surface area (Å²) in [6.07, 6.45) is -0.310. The van der Waals surface area contributed by atoms with Crippen molar-refractivity contribution in [1.29, 1.82) is 0 Å². The van der Waals surface area contributed by atoms with Crippen LogP contribution in [0.15, 0.2) is 0 Å². The van der Waals surface area contributed by atoms with E-state index in [1.54, 1.807) is 6.92 Å². The lowest BCUT2D eigenvalue weighted by Crippen LogP contribution is -1.69. The standard InChI is InChI=1S/C3H8O/c1-2-3-4/h4H,2-3H2,1H3/i2D. The molecule has 0 aromatic heterocycles. The lowest BCUT2D eigenvalue weighted by molar-refractivity contribution is 0.295. The van der Waals surface area contributed by atoms with Crippen molar-refractivity contribution < 1.29 is 6.48 Å². The van der Waals surface area contributed by atoms with Gasteiger partial charge in [-0.1, -0.05) is 6.92 Å². The summed E-state index contributed by atoms with van der Waals surface area (Å²) >= 11 is 0. The van der Waals surface area contributed by atoms with Gasteiger partial charge in [0, 0.05) is 7.98 Å². The van der Waals surface area contributed by atoms with Crippen molar-refractivity contribution in [2.45, 2.75) is 13.3 Å². The first-order chi connectivity index (χ1) is 2.27. The molecule has 0 spiro atoms. The van der Waals surface area contributed by atoms with E-state index in [9.17, 15) is 0 Å². The van der Waals surface area contributed by atoms with Crippen molar-refractivity contribution >= 4 is 0 Å². The molecule has 1 atom stereocenters. The predicted molar refractivity (Wildman–Crippen MR) is 17.4 cm³/mol. The molecule has 0 radical (unpaired) electrons. The summed E-state index contributed by atoms with van der Waals surface area (Å²) in [6, 6.07) is 0. The van der Waals surface area contributed by atoms with Crippen LogP contribution in [0.1, 0.15) is 14.7 Å². The van der Waals surface area contributed by atoms with Gasteiger partial charge >= 0.3 is 0 Å². The Morgan fingerprint density at radius 3 is 2.50 bits per heavy atom. The fourth-order valence-electron chi connectivity index (χ4n) is 0. The fraction of sp³-hybridized carbons (Fsp3) is 1.00. The molecule has 0 amide bonds. The minimum atomic E-state index is -0.310. The Morgan fingerprint density at radius 1 is 2.25 bits per heavy atom. The van der Waals surface area contributed by atoms with Gasteiger partial charge in [0.15, 0.2) is 0 Å². The van der Waals surface area contributed by atoms with E-state index in [0.717, 1.165) is 0 Å². The molecule has 1 nitrogen and oxygen atoms in total. The van der Waals surface area contributed by atoms with Gasteiger partial charge in [-0.3, -0.25) is 0 Å². The Labute approximate surface area is 27.7 Å². The van der Waals surface area contributed by atoms with Crippen molar-refractivity contribution in [3.8, 4) is 0 Å². The molecule has 0 bridgehead atoms. The molecule has 0 fully saturated rings. The van der Waals surface area contributed by atoms with Gasteiger partial charge in [-0.25, -0.2) is 0 Å². The normalized spacial score (nSPS) is 19.0. The fourth-order valence-corrected chi connectivity index (χ4v) is 0. The van der Waals surface area contributed by atoms with E-state index in [0.29, 0.717) is 0 Å². The van der Waals surface area contributed by atoms with Crippen molar-refractivity contribution in [2.75, 3.05) is 6.61 Å². The van der Waals surface area contributed by atoms with Gasteiger partial charge < -0.3 is 5.11 Å². The maximum absolute atomic E-state index is 7.96. The van der Waals surface area contributed by atoms with Gasteiger partial charge in [0.1, 0.15) is 0 Å². The summed E-state index contributed by atoms with van der Waals surface area (Å²) in [6.45, 7) is 1.61. The minimum absolute atomic E-state index is 0.0278. The average molecular weight is 61.1 g/mol. The monoisotopic (exact) mass is 61.1 g/mol. The van der Waals surface area contributed by atoms with E-state index in [2.05, 4.69) is 0 Å². The molecule has 0 aromatic carbocycles. The third kappa shape index (κ3) is 1.96. The highest BCUT2D eigenvalue weighted by atomic mass is 16.2. The van der Waals surface area contributed by atoms with Crippen LogP contribution in [0.2, 0.25) is 0 Å². The molecule has 1 heteroatoms. The highest BCUT2D eigenvalue weighted by Gasteiger charge is 1.57. The first-order valence-electron chi connectivity index (χ1n) is 1.88. The lowest BCUT2D eigenvalue weighted by Gasteiger charge is -1.69. The highest BCUT2D eigenvalue weighted by Crippen LogP contribution is 1.61. The van der Waals surface area contributed by atoms with Gasteiger partial charge in [-0.15, -0.1) is 0 Å². The topological polar surface area (TPSA) is 20.2 Å². The number of aliphatic hydroxyl groups excluding tert-OH is 1. The Balaban J connectivity index is 2.54. The second-order valence-electron chi connectivity index (χ2n) is 0.591. The zero-order chi connectivity index (χ0) is 4.28. The minimum Gasteiger partial charge on any atom is -0.396 e. The number of hydrogen-bond donors (Lipinski definition) is 1. The first kappa shape index (κ1) is 2.21. The summed E-state index contributed by atoms with van der Waals surface area (Å²) in [5, 5.41) is 7.96. The smallest absolute Gasteiger partial charge is 0.0428 e. The maximum Gasteiger partial charge on any atom is 0.0428 e. The zero-order valence-corrected chi connectivity index (χ0v) is 2.73. The van der Waals surface area contributed by atoms with Gasteiger partial charge in [-0.2, -0.15) is 0 Å². The third-order valence-corrected chi connectivity index (χ3v) is 0.183. The van der Waals surface area contributed by atoms with E-state index in [1.165, 1.54) is 0 Å². The molecule has 1 unspecified atom stereocenters. The maximum atomic E-state index is 7.96. The first-order valence-corrected chi connectivity index (χ1v) is 1.30. The molecule has 0 saturated heterocycles.